The summed E-state index contributed by atoms with van der Waals surface area (Å²) in [6.07, 6.45) is 6.11. The van der Waals surface area contributed by atoms with Gasteiger partial charge >= 0.3 is 5.97 Å². The van der Waals surface area contributed by atoms with E-state index < -0.39 is 16.0 Å². The van der Waals surface area contributed by atoms with E-state index in [0.717, 1.165) is 25.7 Å². The van der Waals surface area contributed by atoms with E-state index in [0.29, 0.717) is 13.0 Å². The Kier molecular flexibility index (Phi) is 7.51. The predicted octanol–water partition coefficient (Wildman–Crippen LogP) is 2.17. The lowest BCUT2D eigenvalue weighted by Crippen LogP contribution is -2.40. The zero-order chi connectivity index (χ0) is 15.0. The zero-order valence-corrected chi connectivity index (χ0v) is 13.5. The summed E-state index contributed by atoms with van der Waals surface area (Å²) < 4.78 is 31.0. The number of hydrogen-bond donors (Lipinski definition) is 0. The predicted molar refractivity (Wildman–Crippen MR) is 78.9 cm³/mol. The van der Waals surface area contributed by atoms with Crippen LogP contribution in [0.1, 0.15) is 52.4 Å². The molecule has 0 aliphatic heterocycles. The molecule has 20 heavy (non-hydrogen) atoms. The zero-order valence-electron chi connectivity index (χ0n) is 12.6. The highest BCUT2D eigenvalue weighted by Gasteiger charge is 2.28. The number of rotatable bonds is 8. The Morgan fingerprint density at radius 1 is 1.20 bits per heavy atom. The Hall–Kier alpha value is -0.620. The molecule has 1 aliphatic carbocycles. The van der Waals surface area contributed by atoms with Gasteiger partial charge in [-0.2, -0.15) is 4.31 Å². The Morgan fingerprint density at radius 3 is 2.40 bits per heavy atom. The van der Waals surface area contributed by atoms with E-state index in [2.05, 4.69) is 0 Å². The first-order chi connectivity index (χ1) is 9.49. The van der Waals surface area contributed by atoms with Crippen molar-refractivity contribution in [3.05, 3.63) is 0 Å². The van der Waals surface area contributed by atoms with E-state index >= 15 is 0 Å². The number of carbonyl (C=O) groups is 1. The highest BCUT2D eigenvalue weighted by atomic mass is 32.2. The van der Waals surface area contributed by atoms with Crippen molar-refractivity contribution in [2.45, 2.75) is 52.4 Å². The van der Waals surface area contributed by atoms with E-state index in [4.69, 9.17) is 4.74 Å². The Labute approximate surface area is 122 Å². The monoisotopic (exact) mass is 305 g/mol. The molecule has 0 radical (unpaired) electrons. The van der Waals surface area contributed by atoms with Crippen LogP contribution >= 0.6 is 0 Å². The van der Waals surface area contributed by atoms with Gasteiger partial charge in [0.2, 0.25) is 10.0 Å². The molecule has 5 nitrogen and oxygen atoms in total. The Balaban J connectivity index is 2.64. The molecule has 1 saturated carbocycles. The number of nitrogens with zero attached hydrogens (tertiary/aromatic N) is 1. The molecule has 1 fully saturated rings. The molecule has 0 N–H and O–H groups in total. The van der Waals surface area contributed by atoms with Crippen LogP contribution in [0.15, 0.2) is 0 Å². The van der Waals surface area contributed by atoms with Gasteiger partial charge < -0.3 is 4.74 Å². The summed E-state index contributed by atoms with van der Waals surface area (Å²) in [5.41, 5.74) is 0. The summed E-state index contributed by atoms with van der Waals surface area (Å²) in [5, 5.41) is 0. The van der Waals surface area contributed by atoms with Gasteiger partial charge in [0.1, 0.15) is 6.54 Å². The van der Waals surface area contributed by atoms with E-state index in [9.17, 15) is 13.2 Å². The van der Waals surface area contributed by atoms with Crippen molar-refractivity contribution in [3.8, 4) is 0 Å². The summed E-state index contributed by atoms with van der Waals surface area (Å²) in [7, 11) is -3.37. The van der Waals surface area contributed by atoms with Crippen molar-refractivity contribution >= 4 is 16.0 Å². The third kappa shape index (κ3) is 5.79. The topological polar surface area (TPSA) is 63.7 Å². The largest absolute Gasteiger partial charge is 0.465 e. The Morgan fingerprint density at radius 2 is 1.85 bits per heavy atom. The SMILES string of the molecule is CCCN(CC(=O)OCC)S(=O)(=O)CC1CCCCC1. The van der Waals surface area contributed by atoms with Crippen LogP contribution < -0.4 is 0 Å². The standard InChI is InChI=1S/C14H27NO4S/c1-3-10-15(11-14(16)19-4-2)20(17,18)12-13-8-6-5-7-9-13/h13H,3-12H2,1-2H3. The van der Waals surface area contributed by atoms with Gasteiger partial charge in [0.15, 0.2) is 0 Å². The van der Waals surface area contributed by atoms with E-state index in [1.807, 2.05) is 6.92 Å². The molecule has 0 atom stereocenters. The van der Waals surface area contributed by atoms with Crippen molar-refractivity contribution < 1.29 is 17.9 Å². The fourth-order valence-electron chi connectivity index (χ4n) is 2.67. The molecule has 0 aromatic rings. The lowest BCUT2D eigenvalue weighted by atomic mass is 9.91. The first-order valence-corrected chi connectivity index (χ1v) is 9.24. The molecule has 1 aliphatic rings. The maximum Gasteiger partial charge on any atom is 0.321 e. The fraction of sp³-hybridized carbons (Fsp3) is 0.929. The van der Waals surface area contributed by atoms with Crippen LogP contribution in [0.4, 0.5) is 0 Å². The van der Waals surface area contributed by atoms with Gasteiger partial charge in [-0.15, -0.1) is 0 Å². The third-order valence-electron chi connectivity index (χ3n) is 3.65. The van der Waals surface area contributed by atoms with Gasteiger partial charge in [0, 0.05) is 6.54 Å². The van der Waals surface area contributed by atoms with Gasteiger partial charge in [-0.1, -0.05) is 26.2 Å². The maximum atomic E-state index is 12.4. The van der Waals surface area contributed by atoms with Crippen molar-refractivity contribution in [1.29, 1.82) is 0 Å². The van der Waals surface area contributed by atoms with Crippen molar-refractivity contribution in [3.63, 3.8) is 0 Å². The summed E-state index contributed by atoms with van der Waals surface area (Å²) in [4.78, 5) is 11.5. The summed E-state index contributed by atoms with van der Waals surface area (Å²) in [6.45, 7) is 4.14. The van der Waals surface area contributed by atoms with Crippen LogP contribution in [-0.2, 0) is 19.6 Å². The first-order valence-electron chi connectivity index (χ1n) is 7.63. The minimum absolute atomic E-state index is 0.156. The van der Waals surface area contributed by atoms with Crippen molar-refractivity contribution in [2.24, 2.45) is 5.92 Å². The highest BCUT2D eigenvalue weighted by Crippen LogP contribution is 2.25. The molecule has 0 saturated heterocycles. The molecule has 0 heterocycles. The molecule has 0 unspecified atom stereocenters. The van der Waals surface area contributed by atoms with Gasteiger partial charge in [-0.05, 0) is 32.1 Å². The van der Waals surface area contributed by atoms with Crippen molar-refractivity contribution in [2.75, 3.05) is 25.4 Å². The summed E-state index contributed by atoms with van der Waals surface area (Å²) >= 11 is 0. The average molecular weight is 305 g/mol. The third-order valence-corrected chi connectivity index (χ3v) is 5.64. The van der Waals surface area contributed by atoms with Crippen LogP contribution in [0.25, 0.3) is 0 Å². The second kappa shape index (κ2) is 8.62. The number of hydrogen-bond acceptors (Lipinski definition) is 4. The van der Waals surface area contributed by atoms with Gasteiger partial charge in [0.05, 0.1) is 12.4 Å². The number of carbonyl (C=O) groups excluding carboxylic acids is 1. The maximum absolute atomic E-state index is 12.4. The lowest BCUT2D eigenvalue weighted by molar-refractivity contribution is -0.143. The fourth-order valence-corrected chi connectivity index (χ4v) is 4.58. The van der Waals surface area contributed by atoms with Gasteiger partial charge in [-0.25, -0.2) is 8.42 Å². The van der Waals surface area contributed by atoms with Gasteiger partial charge in [-0.3, -0.25) is 4.79 Å². The molecule has 118 valence electrons. The second-order valence-corrected chi connectivity index (χ2v) is 7.43. The molecule has 0 amide bonds. The second-order valence-electron chi connectivity index (χ2n) is 5.42. The van der Waals surface area contributed by atoms with Crippen LogP contribution in [0.5, 0.6) is 0 Å². The lowest BCUT2D eigenvalue weighted by Gasteiger charge is -2.26. The van der Waals surface area contributed by atoms with Crippen LogP contribution in [0.3, 0.4) is 0 Å². The molecule has 0 aromatic heterocycles. The van der Waals surface area contributed by atoms with Crippen LogP contribution in [-0.4, -0.2) is 44.1 Å². The molecular weight excluding hydrogens is 278 g/mol. The van der Waals surface area contributed by atoms with E-state index in [1.165, 1.54) is 10.7 Å². The van der Waals surface area contributed by atoms with E-state index in [1.54, 1.807) is 6.92 Å². The van der Waals surface area contributed by atoms with Crippen LogP contribution in [0, 0.1) is 5.92 Å². The average Bonchev–Trinajstić information content (AvgIpc) is 2.39. The summed E-state index contributed by atoms with van der Waals surface area (Å²) in [5.74, 6) is -0.0460. The molecule has 0 spiro atoms. The Bertz CT molecular complexity index is 388. The first kappa shape index (κ1) is 17.4. The molecular formula is C14H27NO4S. The molecule has 1 rings (SSSR count). The molecule has 6 heteroatoms. The number of sulfonamides is 1. The van der Waals surface area contributed by atoms with Crippen molar-refractivity contribution in [1.82, 2.24) is 4.31 Å². The smallest absolute Gasteiger partial charge is 0.321 e. The summed E-state index contributed by atoms with van der Waals surface area (Å²) in [6, 6.07) is 0. The molecule has 0 aromatic carbocycles. The van der Waals surface area contributed by atoms with E-state index in [-0.39, 0.29) is 24.8 Å². The normalized spacial score (nSPS) is 17.4. The minimum Gasteiger partial charge on any atom is -0.465 e. The number of esters is 1. The molecule has 0 bridgehead atoms. The highest BCUT2D eigenvalue weighted by molar-refractivity contribution is 7.89. The number of ether oxygens (including phenoxy) is 1. The quantitative estimate of drug-likeness (QED) is 0.645. The van der Waals surface area contributed by atoms with Crippen LogP contribution in [0.2, 0.25) is 0 Å². The minimum atomic E-state index is -3.37. The van der Waals surface area contributed by atoms with Gasteiger partial charge in [0.25, 0.3) is 0 Å².